The van der Waals surface area contributed by atoms with Crippen molar-refractivity contribution in [2.75, 3.05) is 33.4 Å². The number of nitrogens with zero attached hydrogens (tertiary/aromatic N) is 2. The Kier molecular flexibility index (Phi) is 9.34. The molecule has 2 unspecified atom stereocenters. The van der Waals surface area contributed by atoms with E-state index in [-0.39, 0.29) is 44.5 Å². The third kappa shape index (κ3) is 9.80. The van der Waals surface area contributed by atoms with Crippen LogP contribution in [0.1, 0.15) is 25.0 Å². The van der Waals surface area contributed by atoms with Crippen LogP contribution < -0.4 is 4.74 Å². The van der Waals surface area contributed by atoms with Gasteiger partial charge in [-0.2, -0.15) is 13.2 Å². The molecule has 0 fully saturated rings. The van der Waals surface area contributed by atoms with Crippen molar-refractivity contribution in [3.63, 3.8) is 0 Å². The fraction of sp³-hybridized carbons (Fsp3) is 0.524. The van der Waals surface area contributed by atoms with Crippen molar-refractivity contribution < 1.29 is 71.1 Å². The molecule has 0 aromatic heterocycles. The number of esters is 1. The van der Waals surface area contributed by atoms with Gasteiger partial charge in [0.2, 0.25) is 12.4 Å². The van der Waals surface area contributed by atoms with Gasteiger partial charge in [-0.15, -0.1) is 10.1 Å². The summed E-state index contributed by atoms with van der Waals surface area (Å²) in [5, 5.41) is 9.09. The second-order valence-corrected chi connectivity index (χ2v) is 10.9. The van der Waals surface area contributed by atoms with Gasteiger partial charge in [0.1, 0.15) is 23.9 Å². The van der Waals surface area contributed by atoms with E-state index < -0.39 is 79.8 Å². The summed E-state index contributed by atoms with van der Waals surface area (Å²) in [5.41, 5.74) is -2.88. The molecule has 0 saturated heterocycles. The average Bonchev–Trinajstić information content (AvgIpc) is 2.79. The third-order valence-corrected chi connectivity index (χ3v) is 6.38. The number of benzene rings is 1. The van der Waals surface area contributed by atoms with E-state index in [0.29, 0.717) is 0 Å². The fourth-order valence-electron chi connectivity index (χ4n) is 3.33. The standard InChI is InChI=1S/C21H24F8N2O9S/c1-4-13-9-15(41(25,26,27,28)29)10-14-11-16(18(21(22,23)24)40-17(13)14)19(32)38-12(2)39-20(33)36-7-5-30(3)6-8-37-31(34)35/h9-12,18H,4-8H2,1-3H3. The molecule has 1 heterocycles. The van der Waals surface area contributed by atoms with Gasteiger partial charge < -0.3 is 28.7 Å². The van der Waals surface area contributed by atoms with Gasteiger partial charge in [0.05, 0.1) is 5.57 Å². The zero-order valence-electron chi connectivity index (χ0n) is 21.4. The maximum atomic E-state index is 13.7. The quantitative estimate of drug-likeness (QED) is 0.0918. The number of carbonyl (C=O) groups excluding carboxylic acids is 2. The smallest absolute Gasteiger partial charge is 0.475 e. The molecule has 0 amide bonds. The largest absolute Gasteiger partial charge is 0.511 e. The van der Waals surface area contributed by atoms with Gasteiger partial charge >= 0.3 is 28.5 Å². The Morgan fingerprint density at radius 2 is 1.73 bits per heavy atom. The number of alkyl halides is 3. The normalized spacial score (nSPS) is 17.7. The van der Waals surface area contributed by atoms with E-state index in [1.807, 2.05) is 0 Å². The summed E-state index contributed by atoms with van der Waals surface area (Å²) < 4.78 is 127. The van der Waals surface area contributed by atoms with Gasteiger partial charge in [-0.25, -0.2) is 9.59 Å². The summed E-state index contributed by atoms with van der Waals surface area (Å²) >= 11 is 0. The van der Waals surface area contributed by atoms with Crippen molar-refractivity contribution in [1.82, 2.24) is 4.90 Å². The van der Waals surface area contributed by atoms with Crippen LogP contribution in [-0.2, 0) is 30.3 Å². The molecule has 41 heavy (non-hydrogen) atoms. The highest BCUT2D eigenvalue weighted by Crippen LogP contribution is 3.02. The predicted molar refractivity (Wildman–Crippen MR) is 124 cm³/mol. The maximum absolute atomic E-state index is 13.7. The summed E-state index contributed by atoms with van der Waals surface area (Å²) in [6, 6.07) is -0.140. The maximum Gasteiger partial charge on any atom is 0.511 e. The summed E-state index contributed by atoms with van der Waals surface area (Å²) in [7, 11) is -8.77. The first-order chi connectivity index (χ1) is 18.5. The first kappa shape index (κ1) is 33.7. The van der Waals surface area contributed by atoms with Crippen LogP contribution in [0.3, 0.4) is 0 Å². The highest BCUT2D eigenvalue weighted by atomic mass is 32.5. The van der Waals surface area contributed by atoms with Crippen LogP contribution in [-0.4, -0.2) is 74.0 Å². The van der Waals surface area contributed by atoms with Crippen LogP contribution in [0, 0.1) is 10.1 Å². The number of rotatable bonds is 12. The molecule has 234 valence electrons. The van der Waals surface area contributed by atoms with E-state index in [1.165, 1.54) is 18.9 Å². The first-order valence-corrected chi connectivity index (χ1v) is 13.3. The van der Waals surface area contributed by atoms with Crippen LogP contribution in [0.4, 0.5) is 37.4 Å². The minimum absolute atomic E-state index is 0.00927. The summed E-state index contributed by atoms with van der Waals surface area (Å²) in [5.74, 6) is -2.61. The van der Waals surface area contributed by atoms with Gasteiger partial charge in [0.15, 0.2) is 0 Å². The van der Waals surface area contributed by atoms with Crippen molar-refractivity contribution in [2.24, 2.45) is 0 Å². The van der Waals surface area contributed by atoms with Gasteiger partial charge in [0, 0.05) is 25.6 Å². The van der Waals surface area contributed by atoms with Gasteiger partial charge in [0.25, 0.3) is 5.09 Å². The summed E-state index contributed by atoms with van der Waals surface area (Å²) in [6.45, 7) is 1.63. The topological polar surface area (TPSA) is 127 Å². The number of hydrogen-bond donors (Lipinski definition) is 0. The molecular formula is C21H24F8N2O9S. The lowest BCUT2D eigenvalue weighted by Crippen LogP contribution is -2.41. The fourth-order valence-corrected chi connectivity index (χ4v) is 4.05. The SMILES string of the molecule is CCc1cc(S(F)(F)(F)(F)F)cc2c1OC(C(F)(F)F)C(C(=O)OC(C)OC(=O)OCCN(C)CCO[N+](=O)[O-])=C2. The van der Waals surface area contributed by atoms with Crippen molar-refractivity contribution in [3.8, 4) is 5.75 Å². The molecule has 11 nitrogen and oxygen atoms in total. The molecule has 0 spiro atoms. The van der Waals surface area contributed by atoms with E-state index in [2.05, 4.69) is 19.0 Å². The van der Waals surface area contributed by atoms with Crippen LogP contribution in [0.5, 0.6) is 5.75 Å². The highest BCUT2D eigenvalue weighted by molar-refractivity contribution is 8.45. The molecule has 0 aliphatic carbocycles. The van der Waals surface area contributed by atoms with Crippen LogP contribution in [0.15, 0.2) is 22.6 Å². The van der Waals surface area contributed by atoms with Crippen LogP contribution in [0.25, 0.3) is 6.08 Å². The zero-order valence-corrected chi connectivity index (χ0v) is 22.2. The van der Waals surface area contributed by atoms with Crippen molar-refractivity contribution in [3.05, 3.63) is 38.9 Å². The Morgan fingerprint density at radius 1 is 1.12 bits per heavy atom. The Balaban J connectivity index is 2.17. The molecule has 2 atom stereocenters. The lowest BCUT2D eigenvalue weighted by Gasteiger charge is -2.41. The monoisotopic (exact) mass is 632 g/mol. The summed E-state index contributed by atoms with van der Waals surface area (Å²) in [6.07, 6.45) is -11.8. The number of halogens is 8. The molecule has 0 bridgehead atoms. The molecular weight excluding hydrogens is 608 g/mol. The lowest BCUT2D eigenvalue weighted by atomic mass is 9.98. The number of fused-ring (bicyclic) bond motifs is 1. The zero-order chi connectivity index (χ0) is 31.5. The Bertz CT molecular complexity index is 1210. The number of ether oxygens (including phenoxy) is 4. The highest BCUT2D eigenvalue weighted by Gasteiger charge is 2.66. The molecule has 1 aromatic rings. The molecule has 1 aliphatic rings. The van der Waals surface area contributed by atoms with E-state index in [1.54, 1.807) is 0 Å². The van der Waals surface area contributed by atoms with Crippen LogP contribution in [0.2, 0.25) is 0 Å². The van der Waals surface area contributed by atoms with E-state index in [9.17, 15) is 52.3 Å². The second kappa shape index (κ2) is 11.4. The summed E-state index contributed by atoms with van der Waals surface area (Å²) in [4.78, 5) is 37.6. The van der Waals surface area contributed by atoms with E-state index in [4.69, 9.17) is 4.74 Å². The second-order valence-electron chi connectivity index (χ2n) is 8.51. The number of hydrogen-bond acceptors (Lipinski definition) is 10. The van der Waals surface area contributed by atoms with Crippen LogP contribution >= 0.6 is 10.2 Å². The Morgan fingerprint density at radius 3 is 2.27 bits per heavy atom. The molecule has 2 rings (SSSR count). The average molecular weight is 632 g/mol. The van der Waals surface area contributed by atoms with Gasteiger partial charge in [-0.05, 0) is 37.2 Å². The molecule has 20 heteroatoms. The molecule has 1 aromatic carbocycles. The number of aryl methyl sites for hydroxylation is 1. The third-order valence-electron chi connectivity index (χ3n) is 5.25. The Hall–Kier alpha value is -3.55. The van der Waals surface area contributed by atoms with E-state index in [0.717, 1.165) is 6.92 Å². The van der Waals surface area contributed by atoms with Crippen molar-refractivity contribution in [1.29, 1.82) is 0 Å². The van der Waals surface area contributed by atoms with Gasteiger partial charge in [-0.3, -0.25) is 0 Å². The Labute approximate surface area is 226 Å². The van der Waals surface area contributed by atoms with E-state index >= 15 is 0 Å². The minimum atomic E-state index is -10.3. The van der Waals surface area contributed by atoms with Crippen molar-refractivity contribution in [2.45, 2.75) is 43.7 Å². The number of likely N-dealkylation sites (N-methyl/N-ethyl adjacent to an activating group) is 1. The number of carbonyl (C=O) groups is 2. The first-order valence-electron chi connectivity index (χ1n) is 11.4. The molecule has 0 radical (unpaired) electrons. The molecule has 0 saturated carbocycles. The minimum Gasteiger partial charge on any atom is -0.475 e. The predicted octanol–water partition coefficient (Wildman–Crippen LogP) is 5.80. The molecule has 0 N–H and O–H groups in total. The van der Waals surface area contributed by atoms with Crippen molar-refractivity contribution >= 4 is 28.4 Å². The molecule has 1 aliphatic heterocycles. The lowest BCUT2D eigenvalue weighted by molar-refractivity contribution is -0.757. The van der Waals surface area contributed by atoms with Gasteiger partial charge in [-0.1, -0.05) is 26.4 Å².